The molecule has 1 saturated heterocycles. The number of carbonyl (C=O) groups is 2. The highest BCUT2D eigenvalue weighted by Gasteiger charge is 2.50. The maximum Gasteiger partial charge on any atom is 0.506 e. The van der Waals surface area contributed by atoms with E-state index in [1.165, 1.54) is 0 Å². The standard InChI is InChI=1S/C21H28N2O5/c1-12-10-13(2)16(14(3)11-12)17-18(15(4)28-20(25)26)21(22-19(17)24)6-8-23(27-5)9-7-21/h10-11,15H,6-9H2,1-5H3,(H,22,24)(H,25,26). The predicted molar refractivity (Wildman–Crippen MR) is 105 cm³/mol. The molecule has 2 aliphatic heterocycles. The van der Waals surface area contributed by atoms with Crippen molar-refractivity contribution in [2.75, 3.05) is 20.2 Å². The number of rotatable bonds is 4. The minimum absolute atomic E-state index is 0.170. The number of carboxylic acid groups (broad SMARTS) is 1. The van der Waals surface area contributed by atoms with Crippen molar-refractivity contribution in [3.8, 4) is 0 Å². The van der Waals surface area contributed by atoms with Crippen LogP contribution in [0.5, 0.6) is 0 Å². The first-order valence-electron chi connectivity index (χ1n) is 9.52. The monoisotopic (exact) mass is 388 g/mol. The lowest BCUT2D eigenvalue weighted by Gasteiger charge is -2.41. The van der Waals surface area contributed by atoms with Crippen molar-refractivity contribution in [3.05, 3.63) is 40.0 Å². The molecule has 3 rings (SSSR count). The van der Waals surface area contributed by atoms with Crippen molar-refractivity contribution in [3.63, 3.8) is 0 Å². The predicted octanol–water partition coefficient (Wildman–Crippen LogP) is 2.97. The van der Waals surface area contributed by atoms with E-state index in [0.29, 0.717) is 31.5 Å². The molecule has 2 heterocycles. The molecule has 1 aromatic carbocycles. The number of hydrogen-bond donors (Lipinski definition) is 2. The number of hydrogen-bond acceptors (Lipinski definition) is 5. The topological polar surface area (TPSA) is 88.1 Å². The summed E-state index contributed by atoms with van der Waals surface area (Å²) >= 11 is 0. The molecule has 7 nitrogen and oxygen atoms in total. The first-order chi connectivity index (χ1) is 13.2. The number of amides is 1. The summed E-state index contributed by atoms with van der Waals surface area (Å²) in [6.07, 6.45) is -0.827. The third-order valence-electron chi connectivity index (χ3n) is 5.81. The second-order valence-electron chi connectivity index (χ2n) is 7.74. The van der Waals surface area contributed by atoms with Crippen molar-refractivity contribution in [1.29, 1.82) is 0 Å². The van der Waals surface area contributed by atoms with Gasteiger partial charge >= 0.3 is 6.16 Å². The summed E-state index contributed by atoms with van der Waals surface area (Å²) in [4.78, 5) is 29.8. The molecule has 0 aromatic heterocycles. The van der Waals surface area contributed by atoms with Crippen molar-refractivity contribution in [2.45, 2.75) is 52.2 Å². The largest absolute Gasteiger partial charge is 0.506 e. The zero-order valence-electron chi connectivity index (χ0n) is 17.1. The van der Waals surface area contributed by atoms with Crippen LogP contribution in [0, 0.1) is 20.8 Å². The van der Waals surface area contributed by atoms with Crippen LogP contribution in [0.25, 0.3) is 5.57 Å². The minimum Gasteiger partial charge on any atom is -0.450 e. The fourth-order valence-corrected chi connectivity index (χ4v) is 4.78. The number of piperidine rings is 1. The molecular formula is C21H28N2O5. The Morgan fingerprint density at radius 3 is 2.29 bits per heavy atom. The lowest BCUT2D eigenvalue weighted by molar-refractivity contribution is -0.151. The van der Waals surface area contributed by atoms with Gasteiger partial charge in [0.15, 0.2) is 0 Å². The summed E-state index contributed by atoms with van der Waals surface area (Å²) in [5.41, 5.74) is 4.63. The zero-order chi connectivity index (χ0) is 20.6. The summed E-state index contributed by atoms with van der Waals surface area (Å²) in [6.45, 7) is 8.96. The number of nitrogens with one attached hydrogen (secondary N) is 1. The highest BCUT2D eigenvalue weighted by atomic mass is 16.7. The quantitative estimate of drug-likeness (QED) is 0.771. The Morgan fingerprint density at radius 2 is 1.79 bits per heavy atom. The van der Waals surface area contributed by atoms with Crippen molar-refractivity contribution in [2.24, 2.45) is 0 Å². The molecule has 1 fully saturated rings. The van der Waals surface area contributed by atoms with E-state index in [2.05, 4.69) is 5.32 Å². The first-order valence-corrected chi connectivity index (χ1v) is 9.52. The van der Waals surface area contributed by atoms with Gasteiger partial charge in [-0.05, 0) is 57.2 Å². The maximum atomic E-state index is 13.2. The average Bonchev–Trinajstić information content (AvgIpc) is 2.86. The number of hydroxylamine groups is 2. The van der Waals surface area contributed by atoms with Crippen molar-refractivity contribution in [1.82, 2.24) is 10.4 Å². The fraction of sp³-hybridized carbons (Fsp3) is 0.524. The van der Waals surface area contributed by atoms with Gasteiger partial charge in [-0.25, -0.2) is 4.79 Å². The molecule has 0 radical (unpaired) electrons. The van der Waals surface area contributed by atoms with Gasteiger partial charge in [0.05, 0.1) is 18.2 Å². The molecule has 2 N–H and O–H groups in total. The van der Waals surface area contributed by atoms with Crippen molar-refractivity contribution < 1.29 is 24.3 Å². The van der Waals surface area contributed by atoms with Gasteiger partial charge in [-0.3, -0.25) is 4.79 Å². The van der Waals surface area contributed by atoms with Gasteiger partial charge in [-0.15, -0.1) is 0 Å². The summed E-state index contributed by atoms with van der Waals surface area (Å²) < 4.78 is 5.14. The molecule has 7 heteroatoms. The minimum atomic E-state index is -1.35. The molecule has 0 saturated carbocycles. The second kappa shape index (κ2) is 7.56. The van der Waals surface area contributed by atoms with Crippen LogP contribution in [0.2, 0.25) is 0 Å². The Morgan fingerprint density at radius 1 is 1.21 bits per heavy atom. The SMILES string of the molecule is CON1CCC2(CC1)NC(=O)C(c1c(C)cc(C)cc1C)=C2C(C)OC(=O)O. The van der Waals surface area contributed by atoms with Gasteiger partial charge in [-0.1, -0.05) is 17.7 Å². The van der Waals surface area contributed by atoms with Gasteiger partial charge < -0.3 is 20.0 Å². The maximum absolute atomic E-state index is 13.2. The molecule has 1 unspecified atom stereocenters. The van der Waals surface area contributed by atoms with E-state index in [0.717, 1.165) is 27.8 Å². The van der Waals surface area contributed by atoms with Gasteiger partial charge in [-0.2, -0.15) is 5.06 Å². The molecule has 152 valence electrons. The number of ether oxygens (including phenoxy) is 1. The van der Waals surface area contributed by atoms with Gasteiger partial charge in [0.1, 0.15) is 6.10 Å². The third-order valence-corrected chi connectivity index (χ3v) is 5.81. The van der Waals surface area contributed by atoms with Crippen LogP contribution in [0.4, 0.5) is 4.79 Å². The van der Waals surface area contributed by atoms with Crippen LogP contribution in [0.3, 0.4) is 0 Å². The van der Waals surface area contributed by atoms with E-state index < -0.39 is 17.8 Å². The second-order valence-corrected chi connectivity index (χ2v) is 7.74. The number of nitrogens with zero attached hydrogens (tertiary/aromatic N) is 1. The summed E-state index contributed by atoms with van der Waals surface area (Å²) in [5, 5.41) is 14.2. The van der Waals surface area contributed by atoms with Gasteiger partial charge in [0.25, 0.3) is 5.91 Å². The van der Waals surface area contributed by atoms with Crippen LogP contribution < -0.4 is 5.32 Å². The Kier molecular flexibility index (Phi) is 5.50. The molecule has 1 aromatic rings. The smallest absolute Gasteiger partial charge is 0.450 e. The average molecular weight is 388 g/mol. The van der Waals surface area contributed by atoms with Crippen molar-refractivity contribution >= 4 is 17.6 Å². The normalized spacial score (nSPS) is 20.4. The fourth-order valence-electron chi connectivity index (χ4n) is 4.78. The molecule has 0 bridgehead atoms. The van der Waals surface area contributed by atoms with E-state index >= 15 is 0 Å². The van der Waals surface area contributed by atoms with E-state index in [1.54, 1.807) is 14.0 Å². The van der Waals surface area contributed by atoms with E-state index in [1.807, 2.05) is 38.0 Å². The van der Waals surface area contributed by atoms with Crippen LogP contribution in [-0.4, -0.2) is 54.1 Å². The Labute approximate surface area is 165 Å². The molecule has 1 atom stereocenters. The highest BCUT2D eigenvalue weighted by molar-refractivity contribution is 6.24. The van der Waals surface area contributed by atoms with Crippen LogP contribution in [0.15, 0.2) is 17.7 Å². The lowest BCUT2D eigenvalue weighted by Crippen LogP contribution is -2.54. The third kappa shape index (κ3) is 3.52. The molecule has 28 heavy (non-hydrogen) atoms. The number of aryl methyl sites for hydroxylation is 3. The first kappa shape index (κ1) is 20.4. The summed E-state index contributed by atoms with van der Waals surface area (Å²) in [5.74, 6) is -0.170. The molecule has 0 aliphatic carbocycles. The van der Waals surface area contributed by atoms with Crippen LogP contribution >= 0.6 is 0 Å². The Balaban J connectivity index is 2.18. The number of carbonyl (C=O) groups excluding carboxylic acids is 1. The van der Waals surface area contributed by atoms with Gasteiger partial charge in [0.2, 0.25) is 0 Å². The molecule has 1 spiro atoms. The summed E-state index contributed by atoms with van der Waals surface area (Å²) in [6, 6.07) is 4.09. The van der Waals surface area contributed by atoms with Gasteiger partial charge in [0, 0.05) is 18.7 Å². The van der Waals surface area contributed by atoms with E-state index in [4.69, 9.17) is 9.57 Å². The Hall–Kier alpha value is -2.38. The number of benzene rings is 1. The molecule has 2 aliphatic rings. The highest BCUT2D eigenvalue weighted by Crippen LogP contribution is 2.44. The molecule has 1 amide bonds. The zero-order valence-corrected chi connectivity index (χ0v) is 17.1. The Bertz CT molecular complexity index is 814. The van der Waals surface area contributed by atoms with Crippen LogP contribution in [0.1, 0.15) is 42.0 Å². The lowest BCUT2D eigenvalue weighted by atomic mass is 9.77. The van der Waals surface area contributed by atoms with Crippen LogP contribution in [-0.2, 0) is 14.4 Å². The summed E-state index contributed by atoms with van der Waals surface area (Å²) in [7, 11) is 1.63. The van der Waals surface area contributed by atoms with E-state index in [9.17, 15) is 14.7 Å². The molecular weight excluding hydrogens is 360 g/mol. The van der Waals surface area contributed by atoms with E-state index in [-0.39, 0.29) is 5.91 Å².